The SMILES string of the molecule is C=C(Cl)/C(=C\C=C1\C=CC(CN2C3CCCC2CC(C(=O)O)C3)=CC1)OC1CCC(CC)CC1. The third-order valence-corrected chi connectivity index (χ3v) is 8.52. The van der Waals surface area contributed by atoms with Crippen molar-refractivity contribution in [2.75, 3.05) is 6.54 Å². The first-order valence-corrected chi connectivity index (χ1v) is 13.6. The number of carbonyl (C=O) groups is 1. The van der Waals surface area contributed by atoms with E-state index in [-0.39, 0.29) is 12.0 Å². The number of carboxylic acid groups (broad SMARTS) is 1. The van der Waals surface area contributed by atoms with Crippen molar-refractivity contribution in [2.45, 2.75) is 95.7 Å². The Bertz CT molecular complexity index is 864. The molecule has 5 heteroatoms. The summed E-state index contributed by atoms with van der Waals surface area (Å²) in [5, 5.41) is 9.95. The molecule has 0 spiro atoms. The van der Waals surface area contributed by atoms with E-state index in [2.05, 4.69) is 42.7 Å². The fraction of sp³-hybridized carbons (Fsp3) is 0.621. The summed E-state index contributed by atoms with van der Waals surface area (Å²) in [4.78, 5) is 14.1. The average Bonchev–Trinajstić information content (AvgIpc) is 2.82. The molecule has 2 unspecified atom stereocenters. The van der Waals surface area contributed by atoms with Gasteiger partial charge in [0.25, 0.3) is 0 Å². The Labute approximate surface area is 210 Å². The van der Waals surface area contributed by atoms with E-state index < -0.39 is 5.97 Å². The van der Waals surface area contributed by atoms with Gasteiger partial charge in [0.15, 0.2) is 0 Å². The van der Waals surface area contributed by atoms with E-state index in [4.69, 9.17) is 16.3 Å². The molecule has 1 saturated carbocycles. The minimum absolute atomic E-state index is 0.168. The maximum absolute atomic E-state index is 11.5. The van der Waals surface area contributed by atoms with Crippen LogP contribution < -0.4 is 0 Å². The summed E-state index contributed by atoms with van der Waals surface area (Å²) < 4.78 is 6.22. The van der Waals surface area contributed by atoms with Gasteiger partial charge in [-0.15, -0.1) is 0 Å². The fourth-order valence-corrected chi connectivity index (χ4v) is 6.31. The second-order valence-corrected chi connectivity index (χ2v) is 11.0. The first kappa shape index (κ1) is 25.3. The maximum atomic E-state index is 11.5. The Morgan fingerprint density at radius 2 is 1.88 bits per heavy atom. The van der Waals surface area contributed by atoms with Crippen LogP contribution in [0.4, 0.5) is 0 Å². The van der Waals surface area contributed by atoms with Crippen LogP contribution >= 0.6 is 11.6 Å². The van der Waals surface area contributed by atoms with E-state index in [1.54, 1.807) is 0 Å². The van der Waals surface area contributed by atoms with Gasteiger partial charge in [-0.05, 0) is 80.9 Å². The van der Waals surface area contributed by atoms with Crippen LogP contribution in [0.15, 0.2) is 58.9 Å². The molecule has 2 atom stereocenters. The molecule has 0 amide bonds. The van der Waals surface area contributed by atoms with Gasteiger partial charge in [-0.25, -0.2) is 0 Å². The van der Waals surface area contributed by atoms with Crippen molar-refractivity contribution >= 4 is 17.6 Å². The predicted molar refractivity (Wildman–Crippen MR) is 139 cm³/mol. The van der Waals surface area contributed by atoms with Gasteiger partial charge in [-0.3, -0.25) is 9.69 Å². The Morgan fingerprint density at radius 1 is 1.18 bits per heavy atom. The minimum Gasteiger partial charge on any atom is -0.489 e. The molecule has 34 heavy (non-hydrogen) atoms. The number of hydrogen-bond donors (Lipinski definition) is 1. The summed E-state index contributed by atoms with van der Waals surface area (Å²) in [6.45, 7) is 7.10. The summed E-state index contributed by atoms with van der Waals surface area (Å²) in [6.07, 6.45) is 22.9. The van der Waals surface area contributed by atoms with Gasteiger partial charge < -0.3 is 9.84 Å². The van der Waals surface area contributed by atoms with E-state index >= 15 is 0 Å². The molecular weight excluding hydrogens is 446 g/mol. The smallest absolute Gasteiger partial charge is 0.306 e. The summed E-state index contributed by atoms with van der Waals surface area (Å²) >= 11 is 6.26. The number of rotatable bonds is 8. The topological polar surface area (TPSA) is 49.8 Å². The molecule has 2 saturated heterocycles. The lowest BCUT2D eigenvalue weighted by Crippen LogP contribution is -2.53. The average molecular weight is 486 g/mol. The normalized spacial score (nSPS) is 33.5. The van der Waals surface area contributed by atoms with Crippen LogP contribution in [0.1, 0.15) is 77.6 Å². The predicted octanol–water partition coefficient (Wildman–Crippen LogP) is 7.14. The summed E-state index contributed by atoms with van der Waals surface area (Å²) in [7, 11) is 0. The van der Waals surface area contributed by atoms with Gasteiger partial charge in [0.05, 0.1) is 17.1 Å². The largest absolute Gasteiger partial charge is 0.489 e. The maximum Gasteiger partial charge on any atom is 0.306 e. The lowest BCUT2D eigenvalue weighted by molar-refractivity contribution is -0.146. The van der Waals surface area contributed by atoms with Gasteiger partial charge in [0.2, 0.25) is 0 Å². The number of hydrogen-bond acceptors (Lipinski definition) is 3. The zero-order valence-corrected chi connectivity index (χ0v) is 21.3. The number of allylic oxidation sites excluding steroid dienone is 6. The highest BCUT2D eigenvalue weighted by molar-refractivity contribution is 6.31. The van der Waals surface area contributed by atoms with Crippen LogP contribution in [0, 0.1) is 11.8 Å². The number of halogens is 1. The third-order valence-electron chi connectivity index (χ3n) is 8.33. The molecule has 0 radical (unpaired) electrons. The highest BCUT2D eigenvalue weighted by Crippen LogP contribution is 2.38. The molecule has 3 fully saturated rings. The molecule has 2 aliphatic carbocycles. The highest BCUT2D eigenvalue weighted by atomic mass is 35.5. The Morgan fingerprint density at radius 3 is 2.44 bits per heavy atom. The molecule has 1 N–H and O–H groups in total. The number of nitrogens with zero attached hydrogens (tertiary/aromatic N) is 1. The minimum atomic E-state index is -0.618. The third kappa shape index (κ3) is 6.46. The highest BCUT2D eigenvalue weighted by Gasteiger charge is 2.40. The van der Waals surface area contributed by atoms with E-state index in [1.807, 2.05) is 6.08 Å². The van der Waals surface area contributed by atoms with Crippen molar-refractivity contribution in [3.8, 4) is 0 Å². The first-order chi connectivity index (χ1) is 16.4. The number of carboxylic acids is 1. The zero-order chi connectivity index (χ0) is 24.1. The summed E-state index contributed by atoms with van der Waals surface area (Å²) in [5.41, 5.74) is 2.56. The van der Waals surface area contributed by atoms with E-state index in [9.17, 15) is 9.90 Å². The van der Waals surface area contributed by atoms with Crippen molar-refractivity contribution in [3.63, 3.8) is 0 Å². The van der Waals surface area contributed by atoms with Gasteiger partial charge in [-0.2, -0.15) is 0 Å². The van der Waals surface area contributed by atoms with E-state index in [0.29, 0.717) is 22.9 Å². The van der Waals surface area contributed by atoms with Crippen molar-refractivity contribution in [3.05, 3.63) is 58.9 Å². The Hall–Kier alpha value is -1.78. The molecule has 4 rings (SSSR count). The fourth-order valence-electron chi connectivity index (χ4n) is 6.20. The van der Waals surface area contributed by atoms with Crippen molar-refractivity contribution in [2.24, 2.45) is 11.8 Å². The summed E-state index contributed by atoms with van der Waals surface area (Å²) in [6, 6.07) is 0.814. The first-order valence-electron chi connectivity index (χ1n) is 13.2. The van der Waals surface area contributed by atoms with Crippen LogP contribution in [0.2, 0.25) is 0 Å². The second-order valence-electron chi connectivity index (χ2n) is 10.6. The number of ether oxygens (including phenoxy) is 1. The molecule has 4 nitrogen and oxygen atoms in total. The quantitative estimate of drug-likeness (QED) is 0.293. The van der Waals surface area contributed by atoms with E-state index in [1.165, 1.54) is 36.8 Å². The van der Waals surface area contributed by atoms with Crippen LogP contribution in [-0.4, -0.2) is 40.7 Å². The molecule has 186 valence electrons. The zero-order valence-electron chi connectivity index (χ0n) is 20.6. The Balaban J connectivity index is 1.32. The molecule has 2 aliphatic heterocycles. The van der Waals surface area contributed by atoms with Crippen molar-refractivity contribution in [1.29, 1.82) is 0 Å². The van der Waals surface area contributed by atoms with E-state index in [0.717, 1.165) is 57.4 Å². The van der Waals surface area contributed by atoms with Gasteiger partial charge in [-0.1, -0.05) is 62.2 Å². The molecule has 0 aromatic heterocycles. The molecule has 2 heterocycles. The number of aliphatic carboxylic acids is 1. The van der Waals surface area contributed by atoms with Crippen LogP contribution in [0.25, 0.3) is 0 Å². The number of piperidine rings is 2. The molecule has 0 aromatic carbocycles. The summed E-state index contributed by atoms with van der Waals surface area (Å²) in [5.74, 6) is 0.739. The molecule has 2 bridgehead atoms. The van der Waals surface area contributed by atoms with Gasteiger partial charge in [0, 0.05) is 18.6 Å². The number of fused-ring (bicyclic) bond motifs is 2. The van der Waals surface area contributed by atoms with Gasteiger partial charge in [0.1, 0.15) is 5.76 Å². The second kappa shape index (κ2) is 11.8. The van der Waals surface area contributed by atoms with Crippen LogP contribution in [-0.2, 0) is 9.53 Å². The molecular formula is C29H40ClNO3. The lowest BCUT2D eigenvalue weighted by Gasteiger charge is -2.48. The van der Waals surface area contributed by atoms with Crippen molar-refractivity contribution < 1.29 is 14.6 Å². The molecule has 4 aliphatic rings. The Kier molecular flexibility index (Phi) is 8.76. The standard InChI is InChI=1S/C29H40ClNO3/c1-3-21-11-14-27(15-12-21)34-28(20(2)30)16-13-22-7-9-23(10-8-22)19-31-25-5-4-6-26(31)18-24(17-25)29(32)33/h7,9-10,13,16,21,24-27H,2-6,8,11-12,14-15,17-19H2,1H3,(H,32,33)/b22-13-,28-16+. The molecule has 0 aromatic rings. The van der Waals surface area contributed by atoms with Gasteiger partial charge >= 0.3 is 5.97 Å². The van der Waals surface area contributed by atoms with Crippen LogP contribution in [0.5, 0.6) is 0 Å². The lowest BCUT2D eigenvalue weighted by atomic mass is 9.78. The monoisotopic (exact) mass is 485 g/mol. The van der Waals surface area contributed by atoms with Crippen LogP contribution in [0.3, 0.4) is 0 Å². The van der Waals surface area contributed by atoms with Crippen molar-refractivity contribution in [1.82, 2.24) is 4.90 Å².